The quantitative estimate of drug-likeness (QED) is 0.807. The van der Waals surface area contributed by atoms with Crippen molar-refractivity contribution < 1.29 is 9.53 Å². The van der Waals surface area contributed by atoms with Crippen molar-refractivity contribution in [3.05, 3.63) is 0 Å². The topological polar surface area (TPSA) is 44.8 Å². The number of likely N-dealkylation sites (N-methyl/N-ethyl adjacent to an activating group) is 1. The highest BCUT2D eigenvalue weighted by Crippen LogP contribution is 2.21. The number of piperazine rings is 1. The van der Waals surface area contributed by atoms with Gasteiger partial charge in [-0.2, -0.15) is 0 Å². The van der Waals surface area contributed by atoms with Crippen LogP contribution in [0.5, 0.6) is 0 Å². The third-order valence-electron chi connectivity index (χ3n) is 4.43. The first-order valence-corrected chi connectivity index (χ1v) is 8.01. The van der Waals surface area contributed by atoms with Crippen LogP contribution in [0.15, 0.2) is 0 Å². The van der Waals surface area contributed by atoms with Gasteiger partial charge >= 0.3 is 0 Å². The third kappa shape index (κ3) is 4.43. The number of amides is 1. The normalized spacial score (nSPS) is 27.9. The van der Waals surface area contributed by atoms with Gasteiger partial charge in [0.15, 0.2) is 0 Å². The Labute approximate surface area is 122 Å². The molecule has 116 valence electrons. The van der Waals surface area contributed by atoms with E-state index in [0.29, 0.717) is 18.7 Å². The maximum atomic E-state index is 12.3. The average Bonchev–Trinajstić information content (AvgIpc) is 2.48. The van der Waals surface area contributed by atoms with Crippen molar-refractivity contribution in [3.8, 4) is 0 Å². The minimum atomic E-state index is 0.271. The molecule has 0 saturated carbocycles. The predicted molar refractivity (Wildman–Crippen MR) is 79.7 cm³/mol. The zero-order chi connectivity index (χ0) is 14.4. The number of carbonyl (C=O) groups is 1. The molecule has 20 heavy (non-hydrogen) atoms. The standard InChI is InChI=1S/C15H29N3O2/c1-3-4-14-11-13(5-10-20-14)17(2)12-15(19)18-8-6-16-7-9-18/h13-14,16H,3-12H2,1-2H3. The van der Waals surface area contributed by atoms with Crippen LogP contribution in [0.3, 0.4) is 0 Å². The van der Waals surface area contributed by atoms with Crippen LogP contribution in [0.25, 0.3) is 0 Å². The molecule has 0 bridgehead atoms. The maximum Gasteiger partial charge on any atom is 0.236 e. The number of rotatable bonds is 5. The van der Waals surface area contributed by atoms with Gasteiger partial charge in [-0.15, -0.1) is 0 Å². The number of hydrogen-bond acceptors (Lipinski definition) is 4. The average molecular weight is 283 g/mol. The van der Waals surface area contributed by atoms with Crippen LogP contribution in [-0.4, -0.2) is 74.2 Å². The van der Waals surface area contributed by atoms with E-state index in [0.717, 1.165) is 52.0 Å². The summed E-state index contributed by atoms with van der Waals surface area (Å²) >= 11 is 0. The van der Waals surface area contributed by atoms with Crippen molar-refractivity contribution >= 4 is 5.91 Å². The van der Waals surface area contributed by atoms with Crippen molar-refractivity contribution in [2.24, 2.45) is 0 Å². The Kier molecular flexibility index (Phi) is 6.26. The molecule has 0 aromatic heterocycles. The largest absolute Gasteiger partial charge is 0.378 e. The van der Waals surface area contributed by atoms with Crippen molar-refractivity contribution in [1.29, 1.82) is 0 Å². The SMILES string of the molecule is CCCC1CC(N(C)CC(=O)N2CCNCC2)CCO1. The molecule has 2 heterocycles. The molecule has 0 radical (unpaired) electrons. The Bertz CT molecular complexity index is 303. The summed E-state index contributed by atoms with van der Waals surface area (Å²) < 4.78 is 5.79. The first kappa shape index (κ1) is 15.7. The Morgan fingerprint density at radius 1 is 1.40 bits per heavy atom. The summed E-state index contributed by atoms with van der Waals surface area (Å²) in [5.74, 6) is 0.271. The first-order valence-electron chi connectivity index (χ1n) is 8.01. The van der Waals surface area contributed by atoms with Crippen molar-refractivity contribution in [2.75, 3.05) is 46.4 Å². The van der Waals surface area contributed by atoms with E-state index < -0.39 is 0 Å². The highest BCUT2D eigenvalue weighted by Gasteiger charge is 2.27. The van der Waals surface area contributed by atoms with Gasteiger partial charge in [0.05, 0.1) is 12.6 Å². The molecule has 0 aromatic carbocycles. The van der Waals surface area contributed by atoms with E-state index in [1.54, 1.807) is 0 Å². The molecule has 2 atom stereocenters. The van der Waals surface area contributed by atoms with Gasteiger partial charge in [0.2, 0.25) is 5.91 Å². The van der Waals surface area contributed by atoms with Gasteiger partial charge in [-0.05, 0) is 26.3 Å². The maximum absolute atomic E-state index is 12.3. The molecular weight excluding hydrogens is 254 g/mol. The third-order valence-corrected chi connectivity index (χ3v) is 4.43. The van der Waals surface area contributed by atoms with E-state index in [1.165, 1.54) is 6.42 Å². The lowest BCUT2D eigenvalue weighted by molar-refractivity contribution is -0.134. The number of hydrogen-bond donors (Lipinski definition) is 1. The second-order valence-corrected chi connectivity index (χ2v) is 6.01. The molecule has 2 unspecified atom stereocenters. The molecule has 2 saturated heterocycles. The van der Waals surface area contributed by atoms with E-state index in [9.17, 15) is 4.79 Å². The van der Waals surface area contributed by atoms with Crippen molar-refractivity contribution in [1.82, 2.24) is 15.1 Å². The number of nitrogens with zero attached hydrogens (tertiary/aromatic N) is 2. The Morgan fingerprint density at radius 3 is 2.85 bits per heavy atom. The summed E-state index contributed by atoms with van der Waals surface area (Å²) in [6.45, 7) is 7.12. The van der Waals surface area contributed by atoms with Gasteiger partial charge in [-0.3, -0.25) is 9.69 Å². The van der Waals surface area contributed by atoms with Gasteiger partial charge in [0.25, 0.3) is 0 Å². The van der Waals surface area contributed by atoms with E-state index in [-0.39, 0.29) is 5.91 Å². The van der Waals surface area contributed by atoms with Crippen LogP contribution in [0.2, 0.25) is 0 Å². The monoisotopic (exact) mass is 283 g/mol. The van der Waals surface area contributed by atoms with Crippen LogP contribution in [0.1, 0.15) is 32.6 Å². The molecule has 2 fully saturated rings. The molecule has 5 nitrogen and oxygen atoms in total. The van der Waals surface area contributed by atoms with Gasteiger partial charge in [-0.1, -0.05) is 13.3 Å². The van der Waals surface area contributed by atoms with Crippen LogP contribution in [0.4, 0.5) is 0 Å². The van der Waals surface area contributed by atoms with Gasteiger partial charge in [0, 0.05) is 38.8 Å². The first-order chi connectivity index (χ1) is 9.70. The zero-order valence-corrected chi connectivity index (χ0v) is 12.9. The summed E-state index contributed by atoms with van der Waals surface area (Å²) in [5, 5.41) is 3.28. The highest BCUT2D eigenvalue weighted by atomic mass is 16.5. The number of ether oxygens (including phenoxy) is 1. The summed E-state index contributed by atoms with van der Waals surface area (Å²) in [5.41, 5.74) is 0. The molecule has 0 aliphatic carbocycles. The number of nitrogens with one attached hydrogen (secondary N) is 1. The second-order valence-electron chi connectivity index (χ2n) is 6.01. The Hall–Kier alpha value is -0.650. The van der Waals surface area contributed by atoms with Crippen LogP contribution in [-0.2, 0) is 9.53 Å². The lowest BCUT2D eigenvalue weighted by Gasteiger charge is -2.36. The molecule has 2 aliphatic heterocycles. The number of carbonyl (C=O) groups excluding carboxylic acids is 1. The molecule has 5 heteroatoms. The minimum absolute atomic E-state index is 0.271. The minimum Gasteiger partial charge on any atom is -0.378 e. The summed E-state index contributed by atoms with van der Waals surface area (Å²) in [6, 6.07) is 0.493. The molecule has 0 spiro atoms. The Morgan fingerprint density at radius 2 is 2.15 bits per heavy atom. The second kappa shape index (κ2) is 7.96. The fourth-order valence-electron chi connectivity index (χ4n) is 3.14. The highest BCUT2D eigenvalue weighted by molar-refractivity contribution is 5.78. The summed E-state index contributed by atoms with van der Waals surface area (Å²) in [6.07, 6.45) is 4.80. The van der Waals surface area contributed by atoms with E-state index in [2.05, 4.69) is 24.2 Å². The van der Waals surface area contributed by atoms with E-state index >= 15 is 0 Å². The van der Waals surface area contributed by atoms with Crippen LogP contribution < -0.4 is 5.32 Å². The van der Waals surface area contributed by atoms with Crippen molar-refractivity contribution in [2.45, 2.75) is 44.8 Å². The Balaban J connectivity index is 1.78. The molecule has 1 amide bonds. The molecule has 2 aliphatic rings. The molecular formula is C15H29N3O2. The lowest BCUT2D eigenvalue weighted by atomic mass is 9.99. The molecule has 2 rings (SSSR count). The van der Waals surface area contributed by atoms with Crippen LogP contribution >= 0.6 is 0 Å². The van der Waals surface area contributed by atoms with Crippen LogP contribution in [0, 0.1) is 0 Å². The van der Waals surface area contributed by atoms with E-state index in [4.69, 9.17) is 4.74 Å². The summed E-state index contributed by atoms with van der Waals surface area (Å²) in [4.78, 5) is 16.5. The molecule has 0 aromatic rings. The predicted octanol–water partition coefficient (Wildman–Crippen LogP) is 0.698. The van der Waals surface area contributed by atoms with Gasteiger partial charge < -0.3 is 15.0 Å². The van der Waals surface area contributed by atoms with Gasteiger partial charge in [-0.25, -0.2) is 0 Å². The fourth-order valence-corrected chi connectivity index (χ4v) is 3.14. The summed E-state index contributed by atoms with van der Waals surface area (Å²) in [7, 11) is 2.08. The van der Waals surface area contributed by atoms with E-state index in [1.807, 2.05) is 4.90 Å². The lowest BCUT2D eigenvalue weighted by Crippen LogP contribution is -2.51. The van der Waals surface area contributed by atoms with Crippen molar-refractivity contribution in [3.63, 3.8) is 0 Å². The van der Waals surface area contributed by atoms with Gasteiger partial charge in [0.1, 0.15) is 0 Å². The smallest absolute Gasteiger partial charge is 0.236 e. The molecule has 1 N–H and O–H groups in total. The fraction of sp³-hybridized carbons (Fsp3) is 0.933. The zero-order valence-electron chi connectivity index (χ0n) is 12.9.